The van der Waals surface area contributed by atoms with Gasteiger partial charge in [-0.25, -0.2) is 0 Å². The summed E-state index contributed by atoms with van der Waals surface area (Å²) >= 11 is 0. The second-order valence-electron chi connectivity index (χ2n) is 4.30. The molecule has 118 valence electrons. The Kier molecular flexibility index (Phi) is 4.35. The molecule has 0 saturated carbocycles. The van der Waals surface area contributed by atoms with Gasteiger partial charge in [-0.15, -0.1) is 0 Å². The van der Waals surface area contributed by atoms with E-state index in [1.807, 2.05) is 0 Å². The number of halogens is 3. The minimum Gasteiger partial charge on any atom is -0.507 e. The van der Waals surface area contributed by atoms with Gasteiger partial charge >= 0.3 is 6.18 Å². The Balaban J connectivity index is 2.31. The molecular weight excluding hydrogens is 301 g/mol. The van der Waals surface area contributed by atoms with Crippen molar-refractivity contribution in [3.8, 4) is 28.7 Å². The monoisotopic (exact) mass is 314 g/mol. The quantitative estimate of drug-likeness (QED) is 0.918. The Labute approximate surface area is 124 Å². The molecule has 0 heterocycles. The largest absolute Gasteiger partial charge is 0.507 e. The molecule has 2 aromatic carbocycles. The highest BCUT2D eigenvalue weighted by Gasteiger charge is 2.34. The molecule has 0 spiro atoms. The topological polar surface area (TPSA) is 47.9 Å². The van der Waals surface area contributed by atoms with Crippen molar-refractivity contribution in [1.82, 2.24) is 0 Å². The van der Waals surface area contributed by atoms with Gasteiger partial charge < -0.3 is 19.3 Å². The summed E-state index contributed by atoms with van der Waals surface area (Å²) in [4.78, 5) is 0. The van der Waals surface area contributed by atoms with Gasteiger partial charge in [0.1, 0.15) is 22.8 Å². The van der Waals surface area contributed by atoms with Crippen LogP contribution in [0.4, 0.5) is 13.2 Å². The second-order valence-corrected chi connectivity index (χ2v) is 4.30. The second kappa shape index (κ2) is 6.05. The Hall–Kier alpha value is -2.57. The molecule has 7 heteroatoms. The van der Waals surface area contributed by atoms with E-state index in [2.05, 4.69) is 0 Å². The summed E-state index contributed by atoms with van der Waals surface area (Å²) in [6.07, 6.45) is -4.67. The van der Waals surface area contributed by atoms with E-state index in [1.54, 1.807) is 6.07 Å². The van der Waals surface area contributed by atoms with E-state index >= 15 is 0 Å². The van der Waals surface area contributed by atoms with Gasteiger partial charge in [0.05, 0.1) is 14.2 Å². The summed E-state index contributed by atoms with van der Waals surface area (Å²) in [5.41, 5.74) is -1.16. The maximum Gasteiger partial charge on any atom is 0.420 e. The number of hydrogen-bond acceptors (Lipinski definition) is 4. The molecule has 0 amide bonds. The number of aromatic hydroxyl groups is 1. The average molecular weight is 314 g/mol. The Morgan fingerprint density at radius 1 is 0.864 bits per heavy atom. The molecule has 0 atom stereocenters. The van der Waals surface area contributed by atoms with Crippen LogP contribution in [-0.4, -0.2) is 19.3 Å². The number of methoxy groups -OCH3 is 2. The standard InChI is InChI=1S/C15H13F3O4/c1-20-13-6-4-10(8-14(13)21-2)22-9-3-5-12(19)11(7-9)15(16,17)18/h3-8,19H,1-2H3. The lowest BCUT2D eigenvalue weighted by molar-refractivity contribution is -0.138. The first-order chi connectivity index (χ1) is 10.3. The van der Waals surface area contributed by atoms with Crippen LogP contribution in [0.1, 0.15) is 5.56 Å². The fraction of sp³-hybridized carbons (Fsp3) is 0.200. The van der Waals surface area contributed by atoms with Gasteiger partial charge in [0.2, 0.25) is 0 Å². The average Bonchev–Trinajstić information content (AvgIpc) is 2.48. The highest BCUT2D eigenvalue weighted by atomic mass is 19.4. The molecule has 0 aliphatic carbocycles. The lowest BCUT2D eigenvalue weighted by Crippen LogP contribution is -2.05. The number of benzene rings is 2. The highest BCUT2D eigenvalue weighted by Crippen LogP contribution is 2.39. The summed E-state index contributed by atoms with van der Waals surface area (Å²) in [5.74, 6) is 0.215. The van der Waals surface area contributed by atoms with Crippen molar-refractivity contribution < 1.29 is 32.5 Å². The fourth-order valence-electron chi connectivity index (χ4n) is 1.82. The zero-order valence-corrected chi connectivity index (χ0v) is 11.8. The predicted molar refractivity (Wildman–Crippen MR) is 72.7 cm³/mol. The first kappa shape index (κ1) is 15.8. The molecule has 0 saturated heterocycles. The molecule has 2 rings (SSSR count). The van der Waals surface area contributed by atoms with Gasteiger partial charge in [0, 0.05) is 6.07 Å². The number of rotatable bonds is 4. The van der Waals surface area contributed by atoms with Gasteiger partial charge in [0.15, 0.2) is 11.5 Å². The molecule has 4 nitrogen and oxygen atoms in total. The third-order valence-corrected chi connectivity index (χ3v) is 2.86. The Morgan fingerprint density at radius 2 is 1.45 bits per heavy atom. The van der Waals surface area contributed by atoms with E-state index in [1.165, 1.54) is 32.4 Å². The van der Waals surface area contributed by atoms with Crippen LogP contribution in [0.2, 0.25) is 0 Å². The highest BCUT2D eigenvalue weighted by molar-refractivity contribution is 5.48. The zero-order chi connectivity index (χ0) is 16.3. The maximum atomic E-state index is 12.7. The lowest BCUT2D eigenvalue weighted by atomic mass is 10.2. The first-order valence-corrected chi connectivity index (χ1v) is 6.15. The van der Waals surface area contributed by atoms with Crippen LogP contribution >= 0.6 is 0 Å². The molecule has 0 bridgehead atoms. The Morgan fingerprint density at radius 3 is 2.05 bits per heavy atom. The molecule has 0 fully saturated rings. The van der Waals surface area contributed by atoms with Crippen molar-refractivity contribution in [2.45, 2.75) is 6.18 Å². The summed E-state index contributed by atoms with van der Waals surface area (Å²) < 4.78 is 53.7. The van der Waals surface area contributed by atoms with Crippen LogP contribution in [0.5, 0.6) is 28.7 Å². The number of phenolic OH excluding ortho intramolecular Hbond substituents is 1. The van der Waals surface area contributed by atoms with E-state index < -0.39 is 17.5 Å². The number of hydrogen-bond donors (Lipinski definition) is 1. The summed E-state index contributed by atoms with van der Waals surface area (Å²) in [6.45, 7) is 0. The van der Waals surface area contributed by atoms with Crippen LogP contribution in [0.25, 0.3) is 0 Å². The summed E-state index contributed by atoms with van der Waals surface area (Å²) in [6, 6.07) is 7.48. The number of phenols is 1. The minimum absolute atomic E-state index is 0.0580. The van der Waals surface area contributed by atoms with E-state index in [9.17, 15) is 18.3 Å². The Bertz CT molecular complexity index is 668. The van der Waals surface area contributed by atoms with E-state index in [-0.39, 0.29) is 11.5 Å². The smallest absolute Gasteiger partial charge is 0.420 e. The normalized spacial score (nSPS) is 11.1. The zero-order valence-electron chi connectivity index (χ0n) is 11.8. The molecule has 2 aromatic rings. The third kappa shape index (κ3) is 3.36. The fourth-order valence-corrected chi connectivity index (χ4v) is 1.82. The molecule has 0 radical (unpaired) electrons. The third-order valence-electron chi connectivity index (χ3n) is 2.86. The van der Waals surface area contributed by atoms with Crippen molar-refractivity contribution >= 4 is 0 Å². The van der Waals surface area contributed by atoms with E-state index in [4.69, 9.17) is 14.2 Å². The van der Waals surface area contributed by atoms with Gasteiger partial charge in [-0.3, -0.25) is 0 Å². The van der Waals surface area contributed by atoms with Gasteiger partial charge in [0.25, 0.3) is 0 Å². The summed E-state index contributed by atoms with van der Waals surface area (Å²) in [5, 5.41) is 9.28. The molecular formula is C15H13F3O4. The molecule has 0 aliphatic rings. The van der Waals surface area contributed by atoms with Crippen LogP contribution in [0.3, 0.4) is 0 Å². The number of alkyl halides is 3. The van der Waals surface area contributed by atoms with Crippen LogP contribution in [-0.2, 0) is 6.18 Å². The first-order valence-electron chi connectivity index (χ1n) is 6.15. The van der Waals surface area contributed by atoms with Crippen molar-refractivity contribution in [3.05, 3.63) is 42.0 Å². The SMILES string of the molecule is COc1ccc(Oc2ccc(O)c(C(F)(F)F)c2)cc1OC. The molecule has 22 heavy (non-hydrogen) atoms. The van der Waals surface area contributed by atoms with Crippen LogP contribution in [0.15, 0.2) is 36.4 Å². The molecule has 0 unspecified atom stereocenters. The molecule has 0 aromatic heterocycles. The summed E-state index contributed by atoms with van der Waals surface area (Å²) in [7, 11) is 2.90. The number of ether oxygens (including phenoxy) is 3. The van der Waals surface area contributed by atoms with Gasteiger partial charge in [-0.2, -0.15) is 13.2 Å². The van der Waals surface area contributed by atoms with Crippen LogP contribution in [0, 0.1) is 0 Å². The van der Waals surface area contributed by atoms with E-state index in [0.29, 0.717) is 11.5 Å². The van der Waals surface area contributed by atoms with Gasteiger partial charge in [-0.1, -0.05) is 0 Å². The molecule has 0 aliphatic heterocycles. The van der Waals surface area contributed by atoms with Crippen molar-refractivity contribution in [3.63, 3.8) is 0 Å². The lowest BCUT2D eigenvalue weighted by Gasteiger charge is -2.13. The predicted octanol–water partition coefficient (Wildman–Crippen LogP) is 4.22. The maximum absolute atomic E-state index is 12.7. The van der Waals surface area contributed by atoms with Crippen molar-refractivity contribution in [1.29, 1.82) is 0 Å². The van der Waals surface area contributed by atoms with Gasteiger partial charge in [-0.05, 0) is 30.3 Å². The van der Waals surface area contributed by atoms with E-state index in [0.717, 1.165) is 12.1 Å². The van der Waals surface area contributed by atoms with Crippen molar-refractivity contribution in [2.75, 3.05) is 14.2 Å². The van der Waals surface area contributed by atoms with Crippen molar-refractivity contribution in [2.24, 2.45) is 0 Å². The van der Waals surface area contributed by atoms with Crippen LogP contribution < -0.4 is 14.2 Å². The minimum atomic E-state index is -4.67. The molecule has 1 N–H and O–H groups in total.